The molecule has 1 aliphatic rings. The van der Waals surface area contributed by atoms with Gasteiger partial charge >= 0.3 is 0 Å². The number of carbonyl (C=O) groups is 1. The lowest BCUT2D eigenvalue weighted by Gasteiger charge is -2.09. The Kier molecular flexibility index (Phi) is 4.42. The largest absolute Gasteiger partial charge is 0.324 e. The number of amides is 1. The van der Waals surface area contributed by atoms with E-state index in [2.05, 4.69) is 16.4 Å². The number of fused-ring (bicyclic) bond motifs is 1. The number of nitriles is 1. The summed E-state index contributed by atoms with van der Waals surface area (Å²) < 4.78 is 27.6. The van der Waals surface area contributed by atoms with Gasteiger partial charge in [0.2, 0.25) is 5.91 Å². The topological polar surface area (TPSA) is 65.2 Å². The fraction of sp³-hybridized carbons (Fsp3) is 0.0455. The van der Waals surface area contributed by atoms with E-state index in [4.69, 9.17) is 5.26 Å². The maximum absolute atomic E-state index is 14.1. The minimum atomic E-state index is -0.557. The summed E-state index contributed by atoms with van der Waals surface area (Å²) in [5.74, 6) is -1.39. The van der Waals surface area contributed by atoms with Crippen molar-refractivity contribution < 1.29 is 13.6 Å². The molecule has 136 valence electrons. The number of rotatable bonds is 2. The summed E-state index contributed by atoms with van der Waals surface area (Å²) in [6.45, 7) is 0. The standard InChI is InChI=1S/C22H13F2N3O/c23-16-5-6-18(24)17(10-16)14-4-7-19-21(9-14)27-22(28)11-20(26-19)15-3-1-2-13(8-15)12-25/h1-10H,11H2,(H,27,28). The van der Waals surface area contributed by atoms with Crippen molar-refractivity contribution in [3.8, 4) is 17.2 Å². The fourth-order valence-electron chi connectivity index (χ4n) is 3.09. The van der Waals surface area contributed by atoms with Crippen molar-refractivity contribution in [1.82, 2.24) is 0 Å². The van der Waals surface area contributed by atoms with Crippen LogP contribution in [0.1, 0.15) is 17.5 Å². The third-order valence-electron chi connectivity index (χ3n) is 4.42. The number of nitrogens with zero attached hydrogens (tertiary/aromatic N) is 2. The number of hydrogen-bond donors (Lipinski definition) is 1. The lowest BCUT2D eigenvalue weighted by Crippen LogP contribution is -2.15. The monoisotopic (exact) mass is 373 g/mol. The van der Waals surface area contributed by atoms with Gasteiger partial charge in [0.15, 0.2) is 0 Å². The molecule has 0 atom stereocenters. The predicted octanol–water partition coefficient (Wildman–Crippen LogP) is 4.97. The molecule has 0 fully saturated rings. The first-order valence-electron chi connectivity index (χ1n) is 8.51. The van der Waals surface area contributed by atoms with Crippen LogP contribution in [0.15, 0.2) is 65.7 Å². The third kappa shape index (κ3) is 3.38. The third-order valence-corrected chi connectivity index (χ3v) is 4.42. The summed E-state index contributed by atoms with van der Waals surface area (Å²) >= 11 is 0. The minimum Gasteiger partial charge on any atom is -0.324 e. The molecule has 3 aromatic carbocycles. The Hall–Kier alpha value is -3.85. The number of nitrogens with one attached hydrogen (secondary N) is 1. The second-order valence-electron chi connectivity index (χ2n) is 6.33. The lowest BCUT2D eigenvalue weighted by atomic mass is 10.0. The smallest absolute Gasteiger partial charge is 0.230 e. The van der Waals surface area contributed by atoms with E-state index >= 15 is 0 Å². The second kappa shape index (κ2) is 7.05. The SMILES string of the molecule is N#Cc1cccc(C2=Nc3ccc(-c4cc(F)ccc4F)cc3NC(=O)C2)c1. The van der Waals surface area contributed by atoms with E-state index in [9.17, 15) is 13.6 Å². The maximum atomic E-state index is 14.1. The maximum Gasteiger partial charge on any atom is 0.230 e. The van der Waals surface area contributed by atoms with Gasteiger partial charge in [-0.15, -0.1) is 0 Å². The van der Waals surface area contributed by atoms with Gasteiger partial charge in [0.25, 0.3) is 0 Å². The van der Waals surface area contributed by atoms with Crippen LogP contribution in [0.25, 0.3) is 11.1 Å². The van der Waals surface area contributed by atoms with Crippen molar-refractivity contribution in [2.24, 2.45) is 4.99 Å². The normalized spacial score (nSPS) is 13.0. The Morgan fingerprint density at radius 1 is 1.00 bits per heavy atom. The molecule has 0 unspecified atom stereocenters. The van der Waals surface area contributed by atoms with E-state index in [-0.39, 0.29) is 17.9 Å². The predicted molar refractivity (Wildman–Crippen MR) is 102 cm³/mol. The first-order chi connectivity index (χ1) is 13.5. The Morgan fingerprint density at radius 3 is 2.68 bits per heavy atom. The van der Waals surface area contributed by atoms with E-state index in [1.807, 2.05) is 0 Å². The quantitative estimate of drug-likeness (QED) is 0.689. The van der Waals surface area contributed by atoms with E-state index in [0.717, 1.165) is 18.2 Å². The van der Waals surface area contributed by atoms with E-state index in [0.29, 0.717) is 33.8 Å². The summed E-state index contributed by atoms with van der Waals surface area (Å²) in [5, 5.41) is 11.8. The molecule has 6 heteroatoms. The molecule has 1 heterocycles. The number of hydrogen-bond acceptors (Lipinski definition) is 3. The molecule has 1 N–H and O–H groups in total. The van der Waals surface area contributed by atoms with Crippen LogP contribution in [0, 0.1) is 23.0 Å². The number of benzene rings is 3. The Balaban J connectivity index is 1.80. The van der Waals surface area contributed by atoms with Crippen LogP contribution < -0.4 is 5.32 Å². The highest BCUT2D eigenvalue weighted by Crippen LogP contribution is 2.34. The van der Waals surface area contributed by atoms with Gasteiger partial charge in [-0.2, -0.15) is 5.26 Å². The summed E-state index contributed by atoms with van der Waals surface area (Å²) in [5.41, 5.74) is 3.14. The van der Waals surface area contributed by atoms with Gasteiger partial charge in [-0.25, -0.2) is 8.78 Å². The highest BCUT2D eigenvalue weighted by atomic mass is 19.1. The fourth-order valence-corrected chi connectivity index (χ4v) is 3.09. The van der Waals surface area contributed by atoms with Gasteiger partial charge in [0, 0.05) is 5.56 Å². The number of aliphatic imine (C=N–C) groups is 1. The van der Waals surface area contributed by atoms with Crippen LogP contribution in [0.4, 0.5) is 20.2 Å². The Morgan fingerprint density at radius 2 is 1.86 bits per heavy atom. The summed E-state index contributed by atoms with van der Waals surface area (Å²) in [6, 6.07) is 17.0. The molecule has 0 bridgehead atoms. The molecule has 0 aromatic heterocycles. The summed E-state index contributed by atoms with van der Waals surface area (Å²) in [6.07, 6.45) is 0.0349. The van der Waals surface area contributed by atoms with Gasteiger partial charge in [-0.05, 0) is 53.6 Å². The highest BCUT2D eigenvalue weighted by molar-refractivity contribution is 6.17. The van der Waals surface area contributed by atoms with Gasteiger partial charge in [0.1, 0.15) is 11.6 Å². The van der Waals surface area contributed by atoms with Crippen LogP contribution in [0.2, 0.25) is 0 Å². The molecule has 0 saturated heterocycles. The summed E-state index contributed by atoms with van der Waals surface area (Å²) in [7, 11) is 0. The molecule has 4 nitrogen and oxygen atoms in total. The molecule has 1 amide bonds. The van der Waals surface area contributed by atoms with Crippen molar-refractivity contribution in [2.45, 2.75) is 6.42 Å². The Labute approximate surface area is 159 Å². The molecule has 0 radical (unpaired) electrons. The average Bonchev–Trinajstić information content (AvgIpc) is 2.87. The molecule has 3 aromatic rings. The molecular weight excluding hydrogens is 360 g/mol. The molecule has 0 spiro atoms. The first kappa shape index (κ1) is 17.6. The number of anilines is 1. The number of halogens is 2. The highest BCUT2D eigenvalue weighted by Gasteiger charge is 2.19. The van der Waals surface area contributed by atoms with Gasteiger partial charge in [-0.1, -0.05) is 18.2 Å². The molecule has 28 heavy (non-hydrogen) atoms. The molecule has 0 saturated carbocycles. The van der Waals surface area contributed by atoms with Crippen LogP contribution in [-0.4, -0.2) is 11.6 Å². The zero-order valence-electron chi connectivity index (χ0n) is 14.5. The van der Waals surface area contributed by atoms with Crippen molar-refractivity contribution in [3.05, 3.63) is 83.4 Å². The van der Waals surface area contributed by atoms with Crippen molar-refractivity contribution in [3.63, 3.8) is 0 Å². The van der Waals surface area contributed by atoms with Crippen LogP contribution >= 0.6 is 0 Å². The van der Waals surface area contributed by atoms with E-state index < -0.39 is 11.6 Å². The van der Waals surface area contributed by atoms with Gasteiger partial charge < -0.3 is 5.32 Å². The zero-order chi connectivity index (χ0) is 19.7. The van der Waals surface area contributed by atoms with Crippen molar-refractivity contribution >= 4 is 23.0 Å². The molecule has 0 aliphatic carbocycles. The second-order valence-corrected chi connectivity index (χ2v) is 6.33. The first-order valence-corrected chi connectivity index (χ1v) is 8.51. The summed E-state index contributed by atoms with van der Waals surface area (Å²) in [4.78, 5) is 16.9. The molecule has 1 aliphatic heterocycles. The van der Waals surface area contributed by atoms with Crippen LogP contribution in [0.5, 0.6) is 0 Å². The Bertz CT molecular complexity index is 1180. The van der Waals surface area contributed by atoms with E-state index in [1.54, 1.807) is 42.5 Å². The van der Waals surface area contributed by atoms with Gasteiger partial charge in [0.05, 0.1) is 35.1 Å². The van der Waals surface area contributed by atoms with E-state index in [1.165, 1.54) is 0 Å². The molecular formula is C22H13F2N3O. The van der Waals surface area contributed by atoms with Crippen molar-refractivity contribution in [2.75, 3.05) is 5.32 Å². The van der Waals surface area contributed by atoms with Gasteiger partial charge in [-0.3, -0.25) is 9.79 Å². The van der Waals surface area contributed by atoms with Crippen molar-refractivity contribution in [1.29, 1.82) is 5.26 Å². The number of carbonyl (C=O) groups excluding carboxylic acids is 1. The molecule has 4 rings (SSSR count). The minimum absolute atomic E-state index is 0.0349. The average molecular weight is 373 g/mol. The van der Waals surface area contributed by atoms with Crippen LogP contribution in [-0.2, 0) is 4.79 Å². The van der Waals surface area contributed by atoms with Crippen LogP contribution in [0.3, 0.4) is 0 Å². The zero-order valence-corrected chi connectivity index (χ0v) is 14.5. The lowest BCUT2D eigenvalue weighted by molar-refractivity contribution is -0.115.